The number of aromatic carboxylic acids is 1. The van der Waals surface area contributed by atoms with E-state index < -0.39 is 5.97 Å². The molecule has 0 saturated carbocycles. The molecule has 7 heteroatoms. The Morgan fingerprint density at radius 1 is 1.42 bits per heavy atom. The van der Waals surface area contributed by atoms with Gasteiger partial charge in [-0.1, -0.05) is 11.6 Å². The van der Waals surface area contributed by atoms with Crippen LogP contribution in [-0.2, 0) is 0 Å². The lowest BCUT2D eigenvalue weighted by Crippen LogP contribution is -2.03. The number of nitrogens with zero attached hydrogens (tertiary/aromatic N) is 1. The Morgan fingerprint density at radius 3 is 2.79 bits per heavy atom. The number of anilines is 1. The molecule has 2 rings (SSSR count). The summed E-state index contributed by atoms with van der Waals surface area (Å²) in [6, 6.07) is 6.22. The summed E-state index contributed by atoms with van der Waals surface area (Å²) in [6.45, 7) is 0. The van der Waals surface area contributed by atoms with E-state index in [0.29, 0.717) is 15.2 Å². The Kier molecular flexibility index (Phi) is 3.92. The molecular formula is C12H8BrClN2O3. The van der Waals surface area contributed by atoms with Gasteiger partial charge in [0.05, 0.1) is 21.9 Å². The van der Waals surface area contributed by atoms with E-state index >= 15 is 0 Å². The van der Waals surface area contributed by atoms with E-state index in [4.69, 9.17) is 27.2 Å². The molecule has 0 aliphatic carbocycles. The fourth-order valence-corrected chi connectivity index (χ4v) is 2.12. The van der Waals surface area contributed by atoms with Gasteiger partial charge in [0, 0.05) is 11.1 Å². The monoisotopic (exact) mass is 342 g/mol. The molecule has 0 bridgehead atoms. The largest absolute Gasteiger partial charge is 0.478 e. The van der Waals surface area contributed by atoms with E-state index in [1.807, 2.05) is 0 Å². The van der Waals surface area contributed by atoms with Crippen LogP contribution in [0.2, 0.25) is 5.02 Å². The Bertz CT molecular complexity index is 649. The van der Waals surface area contributed by atoms with E-state index in [9.17, 15) is 4.79 Å². The topological polar surface area (TPSA) is 85.4 Å². The van der Waals surface area contributed by atoms with Gasteiger partial charge in [-0.25, -0.2) is 9.78 Å². The van der Waals surface area contributed by atoms with Crippen LogP contribution in [0.5, 0.6) is 11.6 Å². The summed E-state index contributed by atoms with van der Waals surface area (Å²) in [6.07, 6.45) is 1.24. The predicted octanol–water partition coefficient (Wildman–Crippen LogP) is 3.57. The molecule has 98 valence electrons. The first-order valence-electron chi connectivity index (χ1n) is 5.09. The number of nitrogens with two attached hydrogens (primary N) is 1. The van der Waals surface area contributed by atoms with E-state index in [0.717, 1.165) is 0 Å². The van der Waals surface area contributed by atoms with E-state index in [2.05, 4.69) is 20.9 Å². The summed E-state index contributed by atoms with van der Waals surface area (Å²) in [5.74, 6) is -0.535. The summed E-state index contributed by atoms with van der Waals surface area (Å²) in [5.41, 5.74) is 5.53. The lowest BCUT2D eigenvalue weighted by molar-refractivity contribution is 0.0697. The quantitative estimate of drug-likeness (QED) is 0.890. The fraction of sp³-hybridized carbons (Fsp3) is 0. The molecule has 2 aromatic rings. The molecule has 1 aromatic carbocycles. The molecule has 0 atom stereocenters. The lowest BCUT2D eigenvalue weighted by atomic mass is 10.2. The smallest absolute Gasteiger partial charge is 0.338 e. The third kappa shape index (κ3) is 3.15. The van der Waals surface area contributed by atoms with E-state index in [1.54, 1.807) is 18.2 Å². The van der Waals surface area contributed by atoms with Gasteiger partial charge in [0.2, 0.25) is 5.88 Å². The standard InChI is InChI=1S/C12H8BrClN2O3/c13-8-3-6(14)1-2-10(8)19-11-4-7(12(17)18)9(15)5-16-11/h1-5H,15H2,(H,17,18). The Balaban J connectivity index is 2.33. The van der Waals surface area contributed by atoms with Crippen LogP contribution in [-0.4, -0.2) is 16.1 Å². The first kappa shape index (κ1) is 13.6. The van der Waals surface area contributed by atoms with E-state index in [1.165, 1.54) is 12.3 Å². The van der Waals surface area contributed by atoms with Crippen LogP contribution >= 0.6 is 27.5 Å². The average Bonchev–Trinajstić information content (AvgIpc) is 2.34. The maximum Gasteiger partial charge on any atom is 0.338 e. The molecule has 3 N–H and O–H groups in total. The van der Waals surface area contributed by atoms with Crippen molar-refractivity contribution in [3.63, 3.8) is 0 Å². The highest BCUT2D eigenvalue weighted by Gasteiger charge is 2.12. The minimum atomic E-state index is -1.14. The second kappa shape index (κ2) is 5.46. The third-order valence-electron chi connectivity index (χ3n) is 2.25. The van der Waals surface area contributed by atoms with Gasteiger partial charge < -0.3 is 15.6 Å². The molecule has 1 aromatic heterocycles. The van der Waals surface area contributed by atoms with Crippen LogP contribution in [0, 0.1) is 0 Å². The van der Waals surface area contributed by atoms with Crippen molar-refractivity contribution in [3.05, 3.63) is 45.5 Å². The second-order valence-electron chi connectivity index (χ2n) is 3.59. The molecule has 0 aliphatic heterocycles. The molecule has 0 fully saturated rings. The molecule has 19 heavy (non-hydrogen) atoms. The molecule has 0 radical (unpaired) electrons. The summed E-state index contributed by atoms with van der Waals surface area (Å²) < 4.78 is 6.11. The number of halogens is 2. The fourth-order valence-electron chi connectivity index (χ4n) is 1.36. The zero-order chi connectivity index (χ0) is 14.0. The zero-order valence-corrected chi connectivity index (χ0v) is 11.8. The molecule has 0 amide bonds. The highest BCUT2D eigenvalue weighted by molar-refractivity contribution is 9.10. The second-order valence-corrected chi connectivity index (χ2v) is 4.88. The summed E-state index contributed by atoms with van der Waals surface area (Å²) >= 11 is 9.10. The number of carbonyl (C=O) groups is 1. The zero-order valence-electron chi connectivity index (χ0n) is 9.43. The van der Waals surface area contributed by atoms with E-state index in [-0.39, 0.29) is 17.1 Å². The number of carboxylic acid groups (broad SMARTS) is 1. The van der Waals surface area contributed by atoms with Crippen molar-refractivity contribution in [2.45, 2.75) is 0 Å². The van der Waals surface area contributed by atoms with Gasteiger partial charge in [-0.3, -0.25) is 0 Å². The van der Waals surface area contributed by atoms with Crippen molar-refractivity contribution in [1.29, 1.82) is 0 Å². The van der Waals surface area contributed by atoms with Crippen LogP contribution in [0.3, 0.4) is 0 Å². The number of benzene rings is 1. The number of carboxylic acids is 1. The van der Waals surface area contributed by atoms with Crippen molar-refractivity contribution in [1.82, 2.24) is 4.98 Å². The molecule has 0 spiro atoms. The van der Waals surface area contributed by atoms with Gasteiger partial charge in [0.15, 0.2) is 0 Å². The first-order valence-corrected chi connectivity index (χ1v) is 6.26. The maximum absolute atomic E-state index is 10.9. The Labute approximate surface area is 122 Å². The van der Waals surface area contributed by atoms with Crippen LogP contribution in [0.4, 0.5) is 5.69 Å². The van der Waals surface area contributed by atoms with Crippen molar-refractivity contribution < 1.29 is 14.6 Å². The predicted molar refractivity (Wildman–Crippen MR) is 74.8 cm³/mol. The number of rotatable bonds is 3. The number of ether oxygens (including phenoxy) is 1. The maximum atomic E-state index is 10.9. The van der Waals surface area contributed by atoms with Crippen molar-refractivity contribution in [2.75, 3.05) is 5.73 Å². The third-order valence-corrected chi connectivity index (χ3v) is 3.10. The summed E-state index contributed by atoms with van der Waals surface area (Å²) in [5, 5.41) is 9.51. The number of aromatic nitrogens is 1. The van der Waals surface area contributed by atoms with Crippen LogP contribution in [0.15, 0.2) is 34.9 Å². The summed E-state index contributed by atoms with van der Waals surface area (Å²) in [7, 11) is 0. The van der Waals surface area contributed by atoms with Crippen molar-refractivity contribution in [2.24, 2.45) is 0 Å². The molecule has 5 nitrogen and oxygen atoms in total. The highest BCUT2D eigenvalue weighted by atomic mass is 79.9. The minimum Gasteiger partial charge on any atom is -0.478 e. The van der Waals surface area contributed by atoms with Gasteiger partial charge in [0.25, 0.3) is 0 Å². The number of hydrogen-bond donors (Lipinski definition) is 2. The Morgan fingerprint density at radius 2 is 2.16 bits per heavy atom. The lowest BCUT2D eigenvalue weighted by Gasteiger charge is -2.08. The molecule has 1 heterocycles. The number of nitrogen functional groups attached to an aromatic ring is 1. The van der Waals surface area contributed by atoms with Gasteiger partial charge in [-0.05, 0) is 34.1 Å². The minimum absolute atomic E-state index is 0.0601. The van der Waals surface area contributed by atoms with Gasteiger partial charge in [-0.2, -0.15) is 0 Å². The first-order chi connectivity index (χ1) is 8.97. The number of hydrogen-bond acceptors (Lipinski definition) is 4. The molecule has 0 saturated heterocycles. The Hall–Kier alpha value is -1.79. The normalized spacial score (nSPS) is 10.2. The van der Waals surface area contributed by atoms with Crippen LogP contribution in [0.25, 0.3) is 0 Å². The molecule has 0 unspecified atom stereocenters. The SMILES string of the molecule is Nc1cnc(Oc2ccc(Cl)cc2Br)cc1C(=O)O. The molecular weight excluding hydrogens is 336 g/mol. The van der Waals surface area contributed by atoms with Gasteiger partial charge in [0.1, 0.15) is 5.75 Å². The highest BCUT2D eigenvalue weighted by Crippen LogP contribution is 2.31. The summed E-state index contributed by atoms with van der Waals surface area (Å²) in [4.78, 5) is 14.9. The van der Waals surface area contributed by atoms with Crippen molar-refractivity contribution >= 4 is 39.2 Å². The van der Waals surface area contributed by atoms with Crippen molar-refractivity contribution in [3.8, 4) is 11.6 Å². The van der Waals surface area contributed by atoms with Crippen LogP contribution in [0.1, 0.15) is 10.4 Å². The average molecular weight is 344 g/mol. The van der Waals surface area contributed by atoms with Gasteiger partial charge in [-0.15, -0.1) is 0 Å². The van der Waals surface area contributed by atoms with Crippen LogP contribution < -0.4 is 10.5 Å². The molecule has 0 aliphatic rings. The number of pyridine rings is 1. The van der Waals surface area contributed by atoms with Gasteiger partial charge >= 0.3 is 5.97 Å².